The fraction of sp³-hybridized carbons (Fsp3) is 0.455. The van der Waals surface area contributed by atoms with Gasteiger partial charge in [-0.3, -0.25) is 0 Å². The Morgan fingerprint density at radius 3 is 2.25 bits per heavy atom. The molecule has 1 aliphatic rings. The standard InChI is InChI=1S/C11H13Cl/c12-6-5-9-7-10-3-1-2-4-11(10)8-9/h1-4,9H,5-8H2. The number of fused-ring (bicyclic) bond motifs is 1. The van der Waals surface area contributed by atoms with Gasteiger partial charge in [-0.05, 0) is 36.3 Å². The third-order valence-corrected chi connectivity index (χ3v) is 2.87. The first-order valence-corrected chi connectivity index (χ1v) is 5.06. The third kappa shape index (κ3) is 1.49. The normalized spacial score (nSPS) is 16.4. The summed E-state index contributed by atoms with van der Waals surface area (Å²) in [4.78, 5) is 0. The summed E-state index contributed by atoms with van der Waals surface area (Å²) in [5.74, 6) is 1.61. The van der Waals surface area contributed by atoms with E-state index in [4.69, 9.17) is 11.6 Å². The molecule has 0 saturated carbocycles. The molecule has 2 rings (SSSR count). The zero-order chi connectivity index (χ0) is 8.39. The minimum absolute atomic E-state index is 0.804. The van der Waals surface area contributed by atoms with Crippen LogP contribution in [0.2, 0.25) is 0 Å². The van der Waals surface area contributed by atoms with Crippen LogP contribution in [0.1, 0.15) is 17.5 Å². The third-order valence-electron chi connectivity index (χ3n) is 2.65. The highest BCUT2D eigenvalue weighted by Gasteiger charge is 2.19. The zero-order valence-electron chi connectivity index (χ0n) is 7.09. The molecule has 0 unspecified atom stereocenters. The van der Waals surface area contributed by atoms with Crippen molar-refractivity contribution in [1.82, 2.24) is 0 Å². The predicted octanol–water partition coefficient (Wildman–Crippen LogP) is 3.03. The zero-order valence-corrected chi connectivity index (χ0v) is 7.85. The molecule has 1 aromatic carbocycles. The lowest BCUT2D eigenvalue weighted by Crippen LogP contribution is -1.99. The quantitative estimate of drug-likeness (QED) is 0.614. The Labute approximate surface area is 78.6 Å². The fourth-order valence-electron chi connectivity index (χ4n) is 2.01. The van der Waals surface area contributed by atoms with Gasteiger partial charge in [-0.1, -0.05) is 24.3 Å². The molecule has 0 fully saturated rings. The molecule has 0 aliphatic heterocycles. The molecule has 1 aromatic rings. The summed E-state index contributed by atoms with van der Waals surface area (Å²) >= 11 is 5.72. The molecule has 0 amide bonds. The number of hydrogen-bond donors (Lipinski definition) is 0. The highest BCUT2D eigenvalue weighted by molar-refractivity contribution is 6.17. The van der Waals surface area contributed by atoms with Crippen LogP contribution in [0, 0.1) is 5.92 Å². The second kappa shape index (κ2) is 3.49. The summed E-state index contributed by atoms with van der Waals surface area (Å²) in [6, 6.07) is 8.73. The molecule has 0 spiro atoms. The molecule has 0 saturated heterocycles. The van der Waals surface area contributed by atoms with E-state index in [2.05, 4.69) is 24.3 Å². The molecule has 0 nitrogen and oxygen atoms in total. The van der Waals surface area contributed by atoms with Gasteiger partial charge in [0.1, 0.15) is 0 Å². The first kappa shape index (κ1) is 8.12. The van der Waals surface area contributed by atoms with Crippen molar-refractivity contribution >= 4 is 11.6 Å². The smallest absolute Gasteiger partial charge is 0.0226 e. The van der Waals surface area contributed by atoms with Crippen molar-refractivity contribution in [3.8, 4) is 0 Å². The molecule has 1 heteroatoms. The molecule has 64 valence electrons. The summed E-state index contributed by atoms with van der Waals surface area (Å²) in [7, 11) is 0. The van der Waals surface area contributed by atoms with Crippen molar-refractivity contribution in [3.05, 3.63) is 35.4 Å². The van der Waals surface area contributed by atoms with Gasteiger partial charge in [-0.2, -0.15) is 0 Å². The number of rotatable bonds is 2. The lowest BCUT2D eigenvalue weighted by atomic mass is 10.0. The predicted molar refractivity (Wildman–Crippen MR) is 52.7 cm³/mol. The number of halogens is 1. The van der Waals surface area contributed by atoms with E-state index in [1.165, 1.54) is 24.0 Å². The van der Waals surface area contributed by atoms with Gasteiger partial charge in [0.15, 0.2) is 0 Å². The van der Waals surface area contributed by atoms with Crippen LogP contribution in [0.5, 0.6) is 0 Å². The van der Waals surface area contributed by atoms with Crippen molar-refractivity contribution in [2.24, 2.45) is 5.92 Å². The Hall–Kier alpha value is -0.490. The Morgan fingerprint density at radius 2 is 1.75 bits per heavy atom. The Morgan fingerprint density at radius 1 is 1.17 bits per heavy atom. The second-order valence-corrected chi connectivity index (χ2v) is 3.90. The van der Waals surface area contributed by atoms with Gasteiger partial charge in [-0.25, -0.2) is 0 Å². The van der Waals surface area contributed by atoms with E-state index < -0.39 is 0 Å². The minimum atomic E-state index is 0.804. The van der Waals surface area contributed by atoms with Gasteiger partial charge in [0.05, 0.1) is 0 Å². The molecule has 0 bridgehead atoms. The second-order valence-electron chi connectivity index (χ2n) is 3.52. The minimum Gasteiger partial charge on any atom is -0.127 e. The van der Waals surface area contributed by atoms with Crippen LogP contribution in [0.25, 0.3) is 0 Å². The molecule has 0 radical (unpaired) electrons. The molecule has 0 N–H and O–H groups in total. The van der Waals surface area contributed by atoms with E-state index in [9.17, 15) is 0 Å². The SMILES string of the molecule is ClCCC1Cc2ccccc2C1. The van der Waals surface area contributed by atoms with Crippen LogP contribution in [0.4, 0.5) is 0 Å². The number of alkyl halides is 1. The Kier molecular flexibility index (Phi) is 2.36. The lowest BCUT2D eigenvalue weighted by molar-refractivity contribution is 0.546. The van der Waals surface area contributed by atoms with Gasteiger partial charge >= 0.3 is 0 Å². The van der Waals surface area contributed by atoms with E-state index in [1.54, 1.807) is 0 Å². The van der Waals surface area contributed by atoms with Gasteiger partial charge in [-0.15, -0.1) is 11.6 Å². The Bertz CT molecular complexity index is 242. The molecular weight excluding hydrogens is 168 g/mol. The molecule has 12 heavy (non-hydrogen) atoms. The summed E-state index contributed by atoms with van der Waals surface area (Å²) in [5.41, 5.74) is 3.07. The van der Waals surface area contributed by atoms with Crippen LogP contribution < -0.4 is 0 Å². The van der Waals surface area contributed by atoms with Crippen LogP contribution >= 0.6 is 11.6 Å². The van der Waals surface area contributed by atoms with E-state index in [1.807, 2.05) is 0 Å². The average molecular weight is 181 g/mol. The van der Waals surface area contributed by atoms with Crippen LogP contribution in [-0.2, 0) is 12.8 Å². The van der Waals surface area contributed by atoms with E-state index in [0.29, 0.717) is 0 Å². The fourth-order valence-corrected chi connectivity index (χ4v) is 2.32. The number of hydrogen-bond acceptors (Lipinski definition) is 0. The van der Waals surface area contributed by atoms with Crippen molar-refractivity contribution in [1.29, 1.82) is 0 Å². The van der Waals surface area contributed by atoms with Crippen molar-refractivity contribution in [3.63, 3.8) is 0 Å². The number of benzene rings is 1. The van der Waals surface area contributed by atoms with E-state index >= 15 is 0 Å². The van der Waals surface area contributed by atoms with Crippen LogP contribution in [-0.4, -0.2) is 5.88 Å². The first-order chi connectivity index (χ1) is 5.90. The van der Waals surface area contributed by atoms with Crippen LogP contribution in [0.3, 0.4) is 0 Å². The summed E-state index contributed by atoms with van der Waals surface area (Å²) in [6.45, 7) is 0. The van der Waals surface area contributed by atoms with E-state index in [-0.39, 0.29) is 0 Å². The highest BCUT2D eigenvalue weighted by Crippen LogP contribution is 2.28. The van der Waals surface area contributed by atoms with Crippen LogP contribution in [0.15, 0.2) is 24.3 Å². The summed E-state index contributed by atoms with van der Waals surface area (Å²) in [6.07, 6.45) is 3.64. The molecule has 0 heterocycles. The first-order valence-electron chi connectivity index (χ1n) is 4.53. The average Bonchev–Trinajstić information content (AvgIpc) is 2.47. The van der Waals surface area contributed by atoms with Crippen molar-refractivity contribution in [2.45, 2.75) is 19.3 Å². The van der Waals surface area contributed by atoms with Gasteiger partial charge in [0, 0.05) is 5.88 Å². The topological polar surface area (TPSA) is 0 Å². The lowest BCUT2D eigenvalue weighted by Gasteiger charge is -2.03. The summed E-state index contributed by atoms with van der Waals surface area (Å²) < 4.78 is 0. The molecule has 1 aliphatic carbocycles. The maximum absolute atomic E-state index is 5.72. The largest absolute Gasteiger partial charge is 0.127 e. The van der Waals surface area contributed by atoms with Gasteiger partial charge < -0.3 is 0 Å². The van der Waals surface area contributed by atoms with E-state index in [0.717, 1.165) is 18.2 Å². The molecule has 0 aromatic heterocycles. The monoisotopic (exact) mass is 180 g/mol. The van der Waals surface area contributed by atoms with Gasteiger partial charge in [0.2, 0.25) is 0 Å². The molecular formula is C11H13Cl. The molecule has 0 atom stereocenters. The van der Waals surface area contributed by atoms with Crippen molar-refractivity contribution in [2.75, 3.05) is 5.88 Å². The summed E-state index contributed by atoms with van der Waals surface area (Å²) in [5, 5.41) is 0. The van der Waals surface area contributed by atoms with Gasteiger partial charge in [0.25, 0.3) is 0 Å². The maximum Gasteiger partial charge on any atom is 0.0226 e. The van der Waals surface area contributed by atoms with Crippen molar-refractivity contribution < 1.29 is 0 Å². The Balaban J connectivity index is 2.11. The maximum atomic E-state index is 5.72. The highest BCUT2D eigenvalue weighted by atomic mass is 35.5.